The van der Waals surface area contributed by atoms with Gasteiger partial charge in [-0.3, -0.25) is 0 Å². The molecule has 54 heavy (non-hydrogen) atoms. The number of hydrogen-bond acceptors (Lipinski definition) is 8. The fraction of sp³-hybridized carbons (Fsp3) is 0.545. The highest BCUT2D eigenvalue weighted by atomic mass is 32.1. The molecule has 3 aliphatic rings. The second-order valence-corrected chi connectivity index (χ2v) is 20.4. The molecule has 1 atom stereocenters. The maximum atomic E-state index is 11.8. The highest BCUT2D eigenvalue weighted by Gasteiger charge is 2.45. The van der Waals surface area contributed by atoms with E-state index >= 15 is 0 Å². The van der Waals surface area contributed by atoms with E-state index in [-0.39, 0.29) is 32.8 Å². The zero-order valence-electron chi connectivity index (χ0n) is 33.4. The lowest BCUT2D eigenvalue weighted by atomic mass is 9.63. The van der Waals surface area contributed by atoms with Crippen LogP contribution in [0.5, 0.6) is 0 Å². The lowest BCUT2D eigenvalue weighted by Gasteiger charge is -2.42. The van der Waals surface area contributed by atoms with Crippen LogP contribution >= 0.6 is 22.7 Å². The maximum Gasteiger partial charge on any atom is 0.337 e. The Kier molecular flexibility index (Phi) is 9.82. The van der Waals surface area contributed by atoms with Crippen molar-refractivity contribution in [1.82, 2.24) is 9.97 Å². The molecule has 10 heteroatoms. The molecule has 7 rings (SSSR count). The summed E-state index contributed by atoms with van der Waals surface area (Å²) < 4.78 is 0. The van der Waals surface area contributed by atoms with Crippen LogP contribution < -0.4 is 9.80 Å². The molecule has 288 valence electrons. The summed E-state index contributed by atoms with van der Waals surface area (Å²) in [4.78, 5) is 40.5. The topological polar surface area (TPSA) is 107 Å². The molecule has 8 nitrogen and oxygen atoms in total. The molecule has 0 aliphatic heterocycles. The molecule has 4 aromatic rings. The number of pyridine rings is 2. The Morgan fingerprint density at radius 3 is 1.69 bits per heavy atom. The molecule has 3 aliphatic carbocycles. The SMILES string of the molecule is Cc1c(N(CCCC2(C)CCC(C)(C)c3sc(N(CC4CC4)c4ccc(C(=O)O)cn4)c(C)c32)c2ccc(C(=O)O)cn2)sc2c1C(C)(C)CCC2(C)C. The zero-order valence-corrected chi connectivity index (χ0v) is 35.1. The number of thiophene rings is 2. The first-order chi connectivity index (χ1) is 25.3. The van der Waals surface area contributed by atoms with Gasteiger partial charge in [0.15, 0.2) is 0 Å². The van der Waals surface area contributed by atoms with Gasteiger partial charge >= 0.3 is 11.9 Å². The lowest BCUT2D eigenvalue weighted by Crippen LogP contribution is -2.35. The Morgan fingerprint density at radius 2 is 1.19 bits per heavy atom. The molecule has 4 aromatic heterocycles. The highest BCUT2D eigenvalue weighted by molar-refractivity contribution is 7.17. The Hall–Kier alpha value is -3.76. The fourth-order valence-electron chi connectivity index (χ4n) is 9.08. The molecule has 0 radical (unpaired) electrons. The van der Waals surface area contributed by atoms with Crippen molar-refractivity contribution in [1.29, 1.82) is 0 Å². The Morgan fingerprint density at radius 1 is 0.704 bits per heavy atom. The third-order valence-corrected chi connectivity index (χ3v) is 16.1. The van der Waals surface area contributed by atoms with Crippen molar-refractivity contribution in [2.24, 2.45) is 5.92 Å². The molecular formula is C44H56N4O4S2. The van der Waals surface area contributed by atoms with E-state index in [0.29, 0.717) is 5.92 Å². The normalized spacial score (nSPS) is 20.9. The molecule has 0 aromatic carbocycles. The first-order valence-electron chi connectivity index (χ1n) is 19.6. The van der Waals surface area contributed by atoms with Crippen LogP contribution in [-0.4, -0.2) is 45.2 Å². The third kappa shape index (κ3) is 6.97. The monoisotopic (exact) mass is 768 g/mol. The second kappa shape index (κ2) is 13.8. The van der Waals surface area contributed by atoms with E-state index in [1.807, 2.05) is 34.8 Å². The molecule has 4 heterocycles. The molecule has 0 bridgehead atoms. The average Bonchev–Trinajstić information content (AvgIpc) is 3.76. The van der Waals surface area contributed by atoms with Crippen molar-refractivity contribution < 1.29 is 19.8 Å². The van der Waals surface area contributed by atoms with Crippen LogP contribution in [0.4, 0.5) is 21.6 Å². The molecular weight excluding hydrogens is 713 g/mol. The van der Waals surface area contributed by atoms with Crippen LogP contribution in [0.3, 0.4) is 0 Å². The van der Waals surface area contributed by atoms with Crippen molar-refractivity contribution in [3.05, 3.63) is 79.8 Å². The van der Waals surface area contributed by atoms with Crippen LogP contribution in [0.15, 0.2) is 36.7 Å². The van der Waals surface area contributed by atoms with Gasteiger partial charge in [0, 0.05) is 35.2 Å². The minimum Gasteiger partial charge on any atom is -0.478 e. The third-order valence-electron chi connectivity index (χ3n) is 12.7. The van der Waals surface area contributed by atoms with E-state index in [1.54, 1.807) is 12.1 Å². The summed E-state index contributed by atoms with van der Waals surface area (Å²) in [5.74, 6) is 0.293. The summed E-state index contributed by atoms with van der Waals surface area (Å²) in [6, 6.07) is 7.10. The van der Waals surface area contributed by atoms with Gasteiger partial charge in [0.25, 0.3) is 0 Å². The zero-order chi connectivity index (χ0) is 39.0. The number of aromatic carboxylic acids is 2. The van der Waals surface area contributed by atoms with Gasteiger partial charge in [-0.05, 0) is 139 Å². The van der Waals surface area contributed by atoms with Gasteiger partial charge in [0.2, 0.25) is 0 Å². The Balaban J connectivity index is 1.23. The van der Waals surface area contributed by atoms with E-state index in [9.17, 15) is 19.8 Å². The van der Waals surface area contributed by atoms with Crippen LogP contribution in [0, 0.1) is 19.8 Å². The van der Waals surface area contributed by atoms with Crippen LogP contribution in [0.2, 0.25) is 0 Å². The molecule has 1 fully saturated rings. The number of anilines is 4. The molecule has 0 spiro atoms. The van der Waals surface area contributed by atoms with Gasteiger partial charge in [-0.2, -0.15) is 0 Å². The van der Waals surface area contributed by atoms with Crippen molar-refractivity contribution in [3.63, 3.8) is 0 Å². The number of carboxylic acids is 2. The second-order valence-electron chi connectivity index (χ2n) is 18.4. The molecule has 2 N–H and O–H groups in total. The van der Waals surface area contributed by atoms with Gasteiger partial charge in [0.05, 0.1) is 11.1 Å². The minimum atomic E-state index is -0.968. The fourth-order valence-corrected chi connectivity index (χ4v) is 12.3. The number of carbonyl (C=O) groups is 2. The number of rotatable bonds is 12. The summed E-state index contributed by atoms with van der Waals surface area (Å²) in [6.07, 6.45) is 11.9. The van der Waals surface area contributed by atoms with Gasteiger partial charge in [-0.25, -0.2) is 19.6 Å². The highest BCUT2D eigenvalue weighted by Crippen LogP contribution is 2.57. The van der Waals surface area contributed by atoms with E-state index < -0.39 is 11.9 Å². The molecule has 1 saturated carbocycles. The first-order valence-corrected chi connectivity index (χ1v) is 21.2. The van der Waals surface area contributed by atoms with E-state index in [1.165, 1.54) is 67.2 Å². The molecule has 1 unspecified atom stereocenters. The standard InChI is InChI=1S/C44H56N4O4S2/c1-26-33-35(42(5,6)19-18-41(33,3)4)53-37(26)47(31-15-13-29(23-45-31)39(49)50)22-10-17-44(9)21-20-43(7,8)36-34(44)27(2)38(54-36)48(25-28-11-12-28)32-16-14-30(24-46-32)40(51)52/h13-16,23-24,28H,10-12,17-22,25H2,1-9H3,(H,49,50)(H,51,52). The van der Waals surface area contributed by atoms with Gasteiger partial charge < -0.3 is 20.0 Å². The number of fused-ring (bicyclic) bond motifs is 2. The first kappa shape index (κ1) is 38.5. The van der Waals surface area contributed by atoms with Crippen molar-refractivity contribution >= 4 is 56.3 Å². The largest absolute Gasteiger partial charge is 0.478 e. The van der Waals surface area contributed by atoms with Crippen LogP contribution in [0.1, 0.15) is 153 Å². The molecule has 0 saturated heterocycles. The van der Waals surface area contributed by atoms with E-state index in [4.69, 9.17) is 4.98 Å². The predicted molar refractivity (Wildman–Crippen MR) is 221 cm³/mol. The lowest BCUT2D eigenvalue weighted by molar-refractivity contribution is 0.0685. The van der Waals surface area contributed by atoms with E-state index in [0.717, 1.165) is 63.3 Å². The van der Waals surface area contributed by atoms with Gasteiger partial charge in [-0.1, -0.05) is 48.5 Å². The molecule has 0 amide bonds. The van der Waals surface area contributed by atoms with Gasteiger partial charge in [-0.15, -0.1) is 22.7 Å². The van der Waals surface area contributed by atoms with Crippen molar-refractivity contribution in [3.8, 4) is 0 Å². The van der Waals surface area contributed by atoms with E-state index in [2.05, 4.69) is 77.1 Å². The summed E-state index contributed by atoms with van der Waals surface area (Å²) in [6.45, 7) is 23.0. The summed E-state index contributed by atoms with van der Waals surface area (Å²) in [7, 11) is 0. The number of aromatic nitrogens is 2. The minimum absolute atomic E-state index is 0.0322. The van der Waals surface area contributed by atoms with Crippen LogP contribution in [-0.2, 0) is 21.7 Å². The average molecular weight is 769 g/mol. The predicted octanol–water partition coefficient (Wildman–Crippen LogP) is 11.5. The number of hydrogen-bond donors (Lipinski definition) is 2. The van der Waals surface area contributed by atoms with Crippen molar-refractivity contribution in [2.45, 2.75) is 135 Å². The Bertz CT molecular complexity index is 2070. The Labute approximate surface area is 328 Å². The van der Waals surface area contributed by atoms with Crippen LogP contribution in [0.25, 0.3) is 0 Å². The summed E-state index contributed by atoms with van der Waals surface area (Å²) in [5, 5.41) is 21.6. The summed E-state index contributed by atoms with van der Waals surface area (Å²) in [5.41, 5.74) is 6.19. The maximum absolute atomic E-state index is 11.8. The summed E-state index contributed by atoms with van der Waals surface area (Å²) >= 11 is 3.82. The van der Waals surface area contributed by atoms with Gasteiger partial charge in [0.1, 0.15) is 21.6 Å². The smallest absolute Gasteiger partial charge is 0.337 e. The quantitative estimate of drug-likeness (QED) is 0.147. The number of nitrogens with zero attached hydrogens (tertiary/aromatic N) is 4. The number of carboxylic acid groups (broad SMARTS) is 2. The van der Waals surface area contributed by atoms with Crippen molar-refractivity contribution in [2.75, 3.05) is 22.9 Å².